The SMILES string of the molecule is OC(C(F)F)C(c1cc(-c2cccc(C(F)(F)F)c2)ccn1)n1ccnn1. The lowest BCUT2D eigenvalue weighted by atomic mass is 10.00. The molecule has 0 aliphatic heterocycles. The van der Waals surface area contributed by atoms with Crippen LogP contribution in [0.25, 0.3) is 11.1 Å². The van der Waals surface area contributed by atoms with Gasteiger partial charge in [-0.1, -0.05) is 17.3 Å². The second-order valence-electron chi connectivity index (χ2n) is 5.70. The first-order valence-electron chi connectivity index (χ1n) is 7.73. The summed E-state index contributed by atoms with van der Waals surface area (Å²) < 4.78 is 66.0. The number of nitrogens with zero attached hydrogens (tertiary/aromatic N) is 4. The van der Waals surface area contributed by atoms with Crippen LogP contribution in [0.1, 0.15) is 17.3 Å². The molecule has 27 heavy (non-hydrogen) atoms. The Morgan fingerprint density at radius 1 is 1.00 bits per heavy atom. The third-order valence-electron chi connectivity index (χ3n) is 3.91. The van der Waals surface area contributed by atoms with Gasteiger partial charge in [0.15, 0.2) is 0 Å². The molecule has 1 N–H and O–H groups in total. The standard InChI is InChI=1S/C17H13F5N4O/c18-16(19)15(27)14(26-7-6-24-25-26)13-9-11(4-5-23-13)10-2-1-3-12(8-10)17(20,21)22/h1-9,14-16,27H. The number of alkyl halides is 5. The number of aliphatic hydroxyl groups is 1. The third-order valence-corrected chi connectivity index (χ3v) is 3.91. The number of hydrogen-bond acceptors (Lipinski definition) is 4. The summed E-state index contributed by atoms with van der Waals surface area (Å²) in [6.07, 6.45) is -5.92. The molecule has 0 aliphatic rings. The lowest BCUT2D eigenvalue weighted by molar-refractivity contribution is -0.137. The fraction of sp³-hybridized carbons (Fsp3) is 0.235. The lowest BCUT2D eigenvalue weighted by Gasteiger charge is -2.22. The Morgan fingerprint density at radius 3 is 2.37 bits per heavy atom. The second-order valence-corrected chi connectivity index (χ2v) is 5.70. The number of hydrogen-bond donors (Lipinski definition) is 1. The molecule has 0 saturated carbocycles. The Balaban J connectivity index is 2.04. The van der Waals surface area contributed by atoms with E-state index in [4.69, 9.17) is 0 Å². The van der Waals surface area contributed by atoms with Crippen LogP contribution in [0, 0.1) is 0 Å². The van der Waals surface area contributed by atoms with Crippen molar-refractivity contribution in [1.82, 2.24) is 20.0 Å². The third kappa shape index (κ3) is 4.11. The first-order valence-corrected chi connectivity index (χ1v) is 7.73. The fourth-order valence-corrected chi connectivity index (χ4v) is 2.64. The largest absolute Gasteiger partial charge is 0.416 e. The molecule has 0 fully saturated rings. The maximum Gasteiger partial charge on any atom is 0.416 e. The van der Waals surface area contributed by atoms with Crippen molar-refractivity contribution in [2.45, 2.75) is 24.7 Å². The van der Waals surface area contributed by atoms with Crippen LogP contribution < -0.4 is 0 Å². The topological polar surface area (TPSA) is 63.8 Å². The monoisotopic (exact) mass is 384 g/mol. The zero-order valence-electron chi connectivity index (χ0n) is 13.6. The molecule has 0 bridgehead atoms. The maximum absolute atomic E-state index is 13.1. The Morgan fingerprint density at radius 2 is 1.74 bits per heavy atom. The zero-order valence-corrected chi connectivity index (χ0v) is 13.6. The molecule has 142 valence electrons. The molecule has 10 heteroatoms. The number of benzene rings is 1. The average Bonchev–Trinajstić information content (AvgIpc) is 3.15. The van der Waals surface area contributed by atoms with Crippen molar-refractivity contribution in [3.63, 3.8) is 0 Å². The summed E-state index contributed by atoms with van der Waals surface area (Å²) in [6.45, 7) is 0. The fourth-order valence-electron chi connectivity index (χ4n) is 2.64. The van der Waals surface area contributed by atoms with E-state index in [-0.39, 0.29) is 11.3 Å². The Bertz CT molecular complexity index is 898. The quantitative estimate of drug-likeness (QED) is 0.683. The lowest BCUT2D eigenvalue weighted by Crippen LogP contribution is -2.32. The molecule has 1 aromatic carbocycles. The van der Waals surface area contributed by atoms with Crippen molar-refractivity contribution in [1.29, 1.82) is 0 Å². The first kappa shape index (κ1) is 18.9. The molecule has 0 saturated heterocycles. The maximum atomic E-state index is 13.1. The molecule has 2 aromatic heterocycles. The number of aromatic nitrogens is 4. The van der Waals surface area contributed by atoms with Gasteiger partial charge in [0.1, 0.15) is 12.1 Å². The van der Waals surface area contributed by atoms with Crippen molar-refractivity contribution in [3.8, 4) is 11.1 Å². The van der Waals surface area contributed by atoms with Crippen molar-refractivity contribution < 1.29 is 27.1 Å². The second kappa shape index (κ2) is 7.39. The van der Waals surface area contributed by atoms with Gasteiger partial charge in [-0.25, -0.2) is 13.5 Å². The highest BCUT2D eigenvalue weighted by Gasteiger charge is 2.33. The molecular weight excluding hydrogens is 371 g/mol. The van der Waals surface area contributed by atoms with E-state index in [1.54, 1.807) is 0 Å². The summed E-state index contributed by atoms with van der Waals surface area (Å²) in [4.78, 5) is 3.99. The number of rotatable bonds is 5. The molecule has 2 unspecified atom stereocenters. The number of halogens is 5. The summed E-state index contributed by atoms with van der Waals surface area (Å²) >= 11 is 0. The molecule has 2 heterocycles. The van der Waals surface area contributed by atoms with E-state index in [0.29, 0.717) is 5.56 Å². The molecule has 0 spiro atoms. The first-order chi connectivity index (χ1) is 12.8. The highest BCUT2D eigenvalue weighted by Crippen LogP contribution is 2.33. The van der Waals surface area contributed by atoms with Crippen molar-refractivity contribution in [3.05, 3.63) is 66.2 Å². The summed E-state index contributed by atoms with van der Waals surface area (Å²) in [6, 6.07) is 6.04. The molecule has 2 atom stereocenters. The van der Waals surface area contributed by atoms with Crippen LogP contribution in [0.3, 0.4) is 0 Å². The predicted octanol–water partition coefficient (Wildman–Crippen LogP) is 3.57. The van der Waals surface area contributed by atoms with E-state index in [0.717, 1.165) is 16.8 Å². The van der Waals surface area contributed by atoms with Crippen molar-refractivity contribution >= 4 is 0 Å². The molecule has 0 radical (unpaired) electrons. The number of aliphatic hydroxyl groups excluding tert-OH is 1. The van der Waals surface area contributed by atoms with Crippen LogP contribution in [0.15, 0.2) is 55.0 Å². The Kier molecular flexibility index (Phi) is 5.17. The molecular formula is C17H13F5N4O. The minimum absolute atomic E-state index is 0.0169. The van der Waals surface area contributed by atoms with Crippen LogP contribution in [0.5, 0.6) is 0 Å². The normalized spacial score (nSPS) is 14.3. The van der Waals surface area contributed by atoms with Gasteiger partial charge in [0.05, 0.1) is 17.5 Å². The van der Waals surface area contributed by atoms with E-state index in [2.05, 4.69) is 15.3 Å². The highest BCUT2D eigenvalue weighted by atomic mass is 19.4. The summed E-state index contributed by atoms with van der Waals surface area (Å²) in [5, 5.41) is 17.1. The van der Waals surface area contributed by atoms with Crippen LogP contribution in [-0.2, 0) is 6.18 Å². The van der Waals surface area contributed by atoms with E-state index in [9.17, 15) is 27.1 Å². The van der Waals surface area contributed by atoms with E-state index in [1.807, 2.05) is 0 Å². The van der Waals surface area contributed by atoms with Gasteiger partial charge in [-0.3, -0.25) is 4.98 Å². The van der Waals surface area contributed by atoms with Gasteiger partial charge in [0.2, 0.25) is 0 Å². The Labute approximate surface area is 150 Å². The summed E-state index contributed by atoms with van der Waals surface area (Å²) in [5.41, 5.74) is -0.253. The summed E-state index contributed by atoms with van der Waals surface area (Å²) in [5.74, 6) is 0. The van der Waals surface area contributed by atoms with Gasteiger partial charge in [-0.2, -0.15) is 13.2 Å². The van der Waals surface area contributed by atoms with Crippen molar-refractivity contribution in [2.24, 2.45) is 0 Å². The van der Waals surface area contributed by atoms with Crippen LogP contribution >= 0.6 is 0 Å². The minimum atomic E-state index is -4.51. The zero-order chi connectivity index (χ0) is 19.6. The number of pyridine rings is 1. The molecule has 3 aromatic rings. The molecule has 0 aliphatic carbocycles. The van der Waals surface area contributed by atoms with Gasteiger partial charge < -0.3 is 5.11 Å². The molecule has 0 amide bonds. The smallest absolute Gasteiger partial charge is 0.384 e. The molecule has 3 rings (SSSR count). The highest BCUT2D eigenvalue weighted by molar-refractivity contribution is 5.64. The van der Waals surface area contributed by atoms with Gasteiger partial charge >= 0.3 is 6.18 Å². The van der Waals surface area contributed by atoms with Crippen molar-refractivity contribution in [2.75, 3.05) is 0 Å². The van der Waals surface area contributed by atoms with E-state index in [1.165, 1.54) is 42.9 Å². The predicted molar refractivity (Wildman–Crippen MR) is 84.8 cm³/mol. The Hall–Kier alpha value is -2.88. The van der Waals surface area contributed by atoms with Crippen LogP contribution in [-0.4, -0.2) is 37.6 Å². The minimum Gasteiger partial charge on any atom is -0.384 e. The average molecular weight is 384 g/mol. The van der Waals surface area contributed by atoms with Gasteiger partial charge in [-0.05, 0) is 35.4 Å². The van der Waals surface area contributed by atoms with Gasteiger partial charge in [-0.15, -0.1) is 5.10 Å². The summed E-state index contributed by atoms with van der Waals surface area (Å²) in [7, 11) is 0. The van der Waals surface area contributed by atoms with Crippen LogP contribution in [0.2, 0.25) is 0 Å². The van der Waals surface area contributed by atoms with Crippen LogP contribution in [0.4, 0.5) is 22.0 Å². The molecule has 5 nitrogen and oxygen atoms in total. The van der Waals surface area contributed by atoms with E-state index >= 15 is 0 Å². The van der Waals surface area contributed by atoms with Gasteiger partial charge in [0, 0.05) is 12.4 Å². The van der Waals surface area contributed by atoms with E-state index < -0.39 is 30.3 Å². The van der Waals surface area contributed by atoms with Gasteiger partial charge in [0.25, 0.3) is 6.43 Å².